The number of nitrogens with one attached hydrogen (secondary N) is 2. The van der Waals surface area contributed by atoms with Crippen molar-refractivity contribution in [2.75, 3.05) is 30.4 Å². The second-order valence-corrected chi connectivity index (χ2v) is 6.16. The molecule has 0 aliphatic carbocycles. The van der Waals surface area contributed by atoms with Gasteiger partial charge in [-0.3, -0.25) is 4.79 Å². The van der Waals surface area contributed by atoms with E-state index >= 15 is 0 Å². The molecule has 3 heterocycles. The third-order valence-electron chi connectivity index (χ3n) is 3.63. The first-order valence-corrected chi connectivity index (χ1v) is 8.36. The third kappa shape index (κ3) is 4.23. The smallest absolute Gasteiger partial charge is 0.227 e. The lowest BCUT2D eigenvalue weighted by Crippen LogP contribution is -2.17. The maximum atomic E-state index is 11.9. The molecule has 0 bridgehead atoms. The predicted molar refractivity (Wildman–Crippen MR) is 88.8 cm³/mol. The van der Waals surface area contributed by atoms with Gasteiger partial charge in [0.1, 0.15) is 11.6 Å². The zero-order valence-electron chi connectivity index (χ0n) is 12.9. The maximum absolute atomic E-state index is 11.9. The van der Waals surface area contributed by atoms with E-state index in [4.69, 9.17) is 4.74 Å². The highest BCUT2D eigenvalue weighted by molar-refractivity contribution is 7.09. The van der Waals surface area contributed by atoms with Gasteiger partial charge in [-0.05, 0) is 25.0 Å². The molecule has 1 aliphatic rings. The predicted octanol–water partition coefficient (Wildman–Crippen LogP) is 2.19. The van der Waals surface area contributed by atoms with Gasteiger partial charge in [-0.25, -0.2) is 9.97 Å². The minimum atomic E-state index is -0.0757. The van der Waals surface area contributed by atoms with Gasteiger partial charge in [0.25, 0.3) is 0 Å². The Morgan fingerprint density at radius 1 is 1.52 bits per heavy atom. The molecule has 3 rings (SSSR count). The fourth-order valence-electron chi connectivity index (χ4n) is 2.30. The van der Waals surface area contributed by atoms with Crippen LogP contribution in [-0.4, -0.2) is 40.0 Å². The molecule has 122 valence electrons. The van der Waals surface area contributed by atoms with Gasteiger partial charge in [0.05, 0.1) is 6.61 Å². The van der Waals surface area contributed by atoms with Crippen molar-refractivity contribution in [3.8, 4) is 0 Å². The zero-order valence-corrected chi connectivity index (χ0v) is 13.7. The number of hydrogen-bond donors (Lipinski definition) is 2. The van der Waals surface area contributed by atoms with E-state index in [-0.39, 0.29) is 5.91 Å². The van der Waals surface area contributed by atoms with Crippen LogP contribution in [0.2, 0.25) is 0 Å². The van der Waals surface area contributed by atoms with Gasteiger partial charge in [0, 0.05) is 43.2 Å². The van der Waals surface area contributed by atoms with Crippen LogP contribution in [0.15, 0.2) is 18.3 Å². The Kier molecular flexibility index (Phi) is 5.14. The Morgan fingerprint density at radius 2 is 2.43 bits per heavy atom. The quantitative estimate of drug-likeness (QED) is 0.842. The molecule has 23 heavy (non-hydrogen) atoms. The third-order valence-corrected chi connectivity index (χ3v) is 4.32. The lowest BCUT2D eigenvalue weighted by atomic mass is 10.1. The Bertz CT molecular complexity index is 669. The van der Waals surface area contributed by atoms with Crippen molar-refractivity contribution in [3.63, 3.8) is 0 Å². The average Bonchev–Trinajstić information content (AvgIpc) is 3.20. The molecule has 7 nitrogen and oxygen atoms in total. The average molecular weight is 333 g/mol. The number of aromatic nitrogens is 3. The largest absolute Gasteiger partial charge is 0.381 e. The summed E-state index contributed by atoms with van der Waals surface area (Å²) in [4.78, 5) is 20.5. The Labute approximate surface area is 138 Å². The number of carbonyl (C=O) groups excluding carboxylic acids is 1. The fourth-order valence-corrected chi connectivity index (χ4v) is 2.98. The molecule has 0 radical (unpaired) electrons. The van der Waals surface area contributed by atoms with Crippen molar-refractivity contribution >= 4 is 28.4 Å². The molecule has 1 saturated heterocycles. The number of aryl methyl sites for hydroxylation is 1. The summed E-state index contributed by atoms with van der Waals surface area (Å²) in [5.41, 5.74) is 0.946. The van der Waals surface area contributed by atoms with Crippen molar-refractivity contribution in [2.45, 2.75) is 25.7 Å². The second-order valence-electron chi connectivity index (χ2n) is 5.41. The molecule has 2 aromatic rings. The number of nitrogens with zero attached hydrogens (tertiary/aromatic N) is 3. The van der Waals surface area contributed by atoms with E-state index in [1.54, 1.807) is 6.20 Å². The van der Waals surface area contributed by atoms with Crippen LogP contribution < -0.4 is 10.6 Å². The number of ether oxygens (including phenoxy) is 1. The summed E-state index contributed by atoms with van der Waals surface area (Å²) in [5, 5.41) is 6.69. The first-order valence-electron chi connectivity index (χ1n) is 7.59. The molecule has 2 aromatic heterocycles. The molecule has 1 fully saturated rings. The summed E-state index contributed by atoms with van der Waals surface area (Å²) in [5.74, 6) is 1.67. The first kappa shape index (κ1) is 15.8. The first-order chi connectivity index (χ1) is 11.2. The van der Waals surface area contributed by atoms with Crippen molar-refractivity contribution in [1.82, 2.24) is 14.3 Å². The van der Waals surface area contributed by atoms with E-state index < -0.39 is 0 Å². The van der Waals surface area contributed by atoms with E-state index in [0.717, 1.165) is 29.5 Å². The Morgan fingerprint density at radius 3 is 3.22 bits per heavy atom. The molecule has 1 atom stereocenters. The summed E-state index contributed by atoms with van der Waals surface area (Å²) < 4.78 is 9.70. The van der Waals surface area contributed by atoms with E-state index in [9.17, 15) is 4.79 Å². The van der Waals surface area contributed by atoms with Gasteiger partial charge < -0.3 is 15.4 Å². The normalized spacial score (nSPS) is 17.2. The molecule has 2 N–H and O–H groups in total. The van der Waals surface area contributed by atoms with E-state index in [2.05, 4.69) is 25.0 Å². The molecule has 0 aromatic carbocycles. The monoisotopic (exact) mass is 333 g/mol. The zero-order chi connectivity index (χ0) is 16.1. The lowest BCUT2D eigenvalue weighted by molar-refractivity contribution is -0.116. The van der Waals surface area contributed by atoms with Crippen LogP contribution in [0, 0.1) is 6.92 Å². The van der Waals surface area contributed by atoms with Crippen LogP contribution in [0.3, 0.4) is 0 Å². The number of rotatable bonds is 6. The van der Waals surface area contributed by atoms with Gasteiger partial charge in [0.2, 0.25) is 11.0 Å². The van der Waals surface area contributed by atoms with Gasteiger partial charge in [-0.1, -0.05) is 6.07 Å². The lowest BCUT2D eigenvalue weighted by Gasteiger charge is -2.07. The summed E-state index contributed by atoms with van der Waals surface area (Å²) in [6, 6.07) is 3.76. The van der Waals surface area contributed by atoms with Crippen LogP contribution in [0.5, 0.6) is 0 Å². The standard InChI is InChI=1S/C15H19N5O2S/c1-10-3-2-6-16-13(10)18-12(21)4-7-17-15-19-14(20-23-15)11-5-8-22-9-11/h2-3,6,11H,4-5,7-9H2,1H3,(H,16,18,21)(H,17,19,20). The summed E-state index contributed by atoms with van der Waals surface area (Å²) >= 11 is 1.32. The molecule has 0 saturated carbocycles. The fraction of sp³-hybridized carbons (Fsp3) is 0.467. The van der Waals surface area contributed by atoms with Crippen LogP contribution in [0.1, 0.15) is 30.1 Å². The topological polar surface area (TPSA) is 89.0 Å². The van der Waals surface area contributed by atoms with Crippen molar-refractivity contribution in [1.29, 1.82) is 0 Å². The molecular formula is C15H19N5O2S. The number of amides is 1. The van der Waals surface area contributed by atoms with Crippen LogP contribution in [-0.2, 0) is 9.53 Å². The van der Waals surface area contributed by atoms with Crippen LogP contribution in [0.25, 0.3) is 0 Å². The maximum Gasteiger partial charge on any atom is 0.227 e. The minimum absolute atomic E-state index is 0.0757. The summed E-state index contributed by atoms with van der Waals surface area (Å²) in [6.45, 7) is 3.89. The Balaban J connectivity index is 1.44. The van der Waals surface area contributed by atoms with Crippen molar-refractivity contribution in [2.24, 2.45) is 0 Å². The molecule has 1 amide bonds. The summed E-state index contributed by atoms with van der Waals surface area (Å²) in [6.07, 6.45) is 2.98. The molecule has 8 heteroatoms. The molecular weight excluding hydrogens is 314 g/mol. The van der Waals surface area contributed by atoms with Crippen LogP contribution >= 0.6 is 11.5 Å². The highest BCUT2D eigenvalue weighted by Crippen LogP contribution is 2.25. The number of pyridine rings is 1. The SMILES string of the molecule is Cc1cccnc1NC(=O)CCNc1nc(C2CCOC2)ns1. The van der Waals surface area contributed by atoms with Crippen LogP contribution in [0.4, 0.5) is 10.9 Å². The van der Waals surface area contributed by atoms with Gasteiger partial charge in [-0.15, -0.1) is 0 Å². The second kappa shape index (κ2) is 7.47. The Hall–Kier alpha value is -2.06. The summed E-state index contributed by atoms with van der Waals surface area (Å²) in [7, 11) is 0. The van der Waals surface area contributed by atoms with E-state index in [1.807, 2.05) is 19.1 Å². The molecule has 1 unspecified atom stereocenters. The van der Waals surface area contributed by atoms with E-state index in [1.165, 1.54) is 11.5 Å². The highest BCUT2D eigenvalue weighted by Gasteiger charge is 2.22. The highest BCUT2D eigenvalue weighted by atomic mass is 32.1. The van der Waals surface area contributed by atoms with Gasteiger partial charge in [-0.2, -0.15) is 4.37 Å². The van der Waals surface area contributed by atoms with E-state index in [0.29, 0.717) is 31.3 Å². The number of carbonyl (C=O) groups is 1. The van der Waals surface area contributed by atoms with Crippen molar-refractivity contribution < 1.29 is 9.53 Å². The number of anilines is 2. The number of hydrogen-bond acceptors (Lipinski definition) is 7. The van der Waals surface area contributed by atoms with Gasteiger partial charge in [0.15, 0.2) is 0 Å². The van der Waals surface area contributed by atoms with Gasteiger partial charge >= 0.3 is 0 Å². The minimum Gasteiger partial charge on any atom is -0.381 e. The van der Waals surface area contributed by atoms with Crippen molar-refractivity contribution in [3.05, 3.63) is 29.7 Å². The molecule has 0 spiro atoms. The molecule has 1 aliphatic heterocycles.